The number of hydrogen-bond acceptors (Lipinski definition) is 5. The Labute approximate surface area is 140 Å². The van der Waals surface area contributed by atoms with Gasteiger partial charge in [0.2, 0.25) is 0 Å². The van der Waals surface area contributed by atoms with Gasteiger partial charge in [0.15, 0.2) is 0 Å². The molecule has 1 N–H and O–H groups in total. The lowest BCUT2D eigenvalue weighted by Gasteiger charge is -2.22. The van der Waals surface area contributed by atoms with Gasteiger partial charge in [0.1, 0.15) is 11.5 Å². The van der Waals surface area contributed by atoms with Crippen LogP contribution in [0, 0.1) is 15.5 Å². The van der Waals surface area contributed by atoms with E-state index in [9.17, 15) is 10.1 Å². The Hall–Kier alpha value is -2.18. The van der Waals surface area contributed by atoms with Crippen LogP contribution in [-0.2, 0) is 6.54 Å². The molecule has 0 radical (unpaired) electrons. The summed E-state index contributed by atoms with van der Waals surface area (Å²) in [5.41, 5.74) is 1.43. The van der Waals surface area contributed by atoms with Crippen molar-refractivity contribution in [3.63, 3.8) is 0 Å². The molecule has 126 valence electrons. The Morgan fingerprint density at radius 2 is 2.04 bits per heavy atom. The smallest absolute Gasteiger partial charge is 0.269 e. The van der Waals surface area contributed by atoms with Crippen molar-refractivity contribution in [2.24, 2.45) is 5.41 Å². The van der Waals surface area contributed by atoms with E-state index in [1.165, 1.54) is 25.0 Å². The maximum atomic E-state index is 10.7. The maximum Gasteiger partial charge on any atom is 0.269 e. The number of nitro benzene ring substituents is 1. The highest BCUT2D eigenvalue weighted by Crippen LogP contribution is 2.37. The highest BCUT2D eigenvalue weighted by atomic mass is 16.6. The lowest BCUT2D eigenvalue weighted by molar-refractivity contribution is -0.384. The second-order valence-corrected chi connectivity index (χ2v) is 6.96. The highest BCUT2D eigenvalue weighted by Gasteiger charge is 2.40. The van der Waals surface area contributed by atoms with E-state index in [0.717, 1.165) is 49.8 Å². The van der Waals surface area contributed by atoms with Crippen LogP contribution in [0.4, 0.5) is 5.69 Å². The van der Waals surface area contributed by atoms with Gasteiger partial charge in [-0.3, -0.25) is 15.0 Å². The van der Waals surface area contributed by atoms with Crippen molar-refractivity contribution in [3.05, 3.63) is 52.3 Å². The van der Waals surface area contributed by atoms with Gasteiger partial charge in [-0.05, 0) is 55.6 Å². The molecule has 0 aliphatic carbocycles. The molecule has 4 rings (SSSR count). The second-order valence-electron chi connectivity index (χ2n) is 6.96. The molecule has 2 aromatic rings. The Morgan fingerprint density at radius 1 is 1.21 bits per heavy atom. The molecule has 1 aromatic heterocycles. The monoisotopic (exact) mass is 327 g/mol. The lowest BCUT2D eigenvalue weighted by Crippen LogP contribution is -2.28. The molecule has 2 aliphatic rings. The van der Waals surface area contributed by atoms with Gasteiger partial charge in [0.25, 0.3) is 5.69 Å². The fourth-order valence-electron chi connectivity index (χ4n) is 3.89. The van der Waals surface area contributed by atoms with Gasteiger partial charge in [-0.15, -0.1) is 0 Å². The van der Waals surface area contributed by atoms with Crippen LogP contribution in [-0.4, -0.2) is 36.0 Å². The zero-order chi connectivity index (χ0) is 16.6. The Morgan fingerprint density at radius 3 is 2.75 bits per heavy atom. The number of furan rings is 1. The zero-order valence-electron chi connectivity index (χ0n) is 13.5. The third-order valence-electron chi connectivity index (χ3n) is 5.25. The van der Waals surface area contributed by atoms with Gasteiger partial charge >= 0.3 is 0 Å². The Bertz CT molecular complexity index is 732. The zero-order valence-corrected chi connectivity index (χ0v) is 13.5. The molecule has 0 saturated carbocycles. The standard InChI is InChI=1S/C18H21N3O3/c22-21(23)15-3-1-14(2-4-15)17-6-5-16(24-17)11-20-10-8-18(13-20)7-9-19-12-18/h1-6,19H,7-13H2. The predicted molar refractivity (Wildman–Crippen MR) is 90.6 cm³/mol. The van der Waals surface area contributed by atoms with E-state index in [1.54, 1.807) is 12.1 Å². The minimum Gasteiger partial charge on any atom is -0.460 e. The molecular weight excluding hydrogens is 306 g/mol. The summed E-state index contributed by atoms with van der Waals surface area (Å²) in [6.45, 7) is 5.35. The number of likely N-dealkylation sites (tertiary alicyclic amines) is 1. The Kier molecular flexibility index (Phi) is 3.86. The number of nitrogens with zero attached hydrogens (tertiary/aromatic N) is 2. The molecule has 24 heavy (non-hydrogen) atoms. The third kappa shape index (κ3) is 2.95. The lowest BCUT2D eigenvalue weighted by atomic mass is 9.87. The van der Waals surface area contributed by atoms with Crippen molar-refractivity contribution in [1.29, 1.82) is 0 Å². The number of hydrogen-bond donors (Lipinski definition) is 1. The first-order chi connectivity index (χ1) is 11.6. The quantitative estimate of drug-likeness (QED) is 0.690. The predicted octanol–water partition coefficient (Wildman–Crippen LogP) is 3.04. The molecule has 1 spiro atoms. The average Bonchev–Trinajstić information content (AvgIpc) is 3.31. The van der Waals surface area contributed by atoms with E-state index in [-0.39, 0.29) is 5.69 Å². The number of rotatable bonds is 4. The van der Waals surface area contributed by atoms with Crippen molar-refractivity contribution in [2.45, 2.75) is 19.4 Å². The second kappa shape index (κ2) is 6.03. The van der Waals surface area contributed by atoms with Gasteiger partial charge in [-0.25, -0.2) is 0 Å². The summed E-state index contributed by atoms with van der Waals surface area (Å²) < 4.78 is 5.96. The SMILES string of the molecule is O=[N+]([O-])c1ccc(-c2ccc(CN3CCC4(CCNC4)C3)o2)cc1. The number of non-ortho nitro benzene ring substituents is 1. The largest absolute Gasteiger partial charge is 0.460 e. The molecule has 0 amide bonds. The molecule has 1 unspecified atom stereocenters. The van der Waals surface area contributed by atoms with E-state index >= 15 is 0 Å². The molecule has 1 aromatic carbocycles. The summed E-state index contributed by atoms with van der Waals surface area (Å²) in [5.74, 6) is 1.71. The van der Waals surface area contributed by atoms with Crippen LogP contribution in [0.15, 0.2) is 40.8 Å². The molecular formula is C18H21N3O3. The van der Waals surface area contributed by atoms with Crippen LogP contribution >= 0.6 is 0 Å². The number of benzene rings is 1. The summed E-state index contributed by atoms with van der Waals surface area (Å²) in [6.07, 6.45) is 2.53. The highest BCUT2D eigenvalue weighted by molar-refractivity contribution is 5.59. The van der Waals surface area contributed by atoms with Crippen molar-refractivity contribution < 1.29 is 9.34 Å². The average molecular weight is 327 g/mol. The molecule has 2 saturated heterocycles. The molecule has 1 atom stereocenters. The first kappa shape index (κ1) is 15.4. The number of nitro groups is 1. The van der Waals surface area contributed by atoms with Crippen LogP contribution in [0.3, 0.4) is 0 Å². The summed E-state index contributed by atoms with van der Waals surface area (Å²) in [4.78, 5) is 12.8. The normalized spacial score (nSPS) is 24.0. The topological polar surface area (TPSA) is 71.6 Å². The van der Waals surface area contributed by atoms with Gasteiger partial charge in [0.05, 0.1) is 11.5 Å². The fourth-order valence-corrected chi connectivity index (χ4v) is 3.89. The van der Waals surface area contributed by atoms with E-state index in [0.29, 0.717) is 5.41 Å². The first-order valence-electron chi connectivity index (χ1n) is 8.40. The van der Waals surface area contributed by atoms with Gasteiger partial charge in [-0.2, -0.15) is 0 Å². The number of nitrogens with one attached hydrogen (secondary N) is 1. The summed E-state index contributed by atoms with van der Waals surface area (Å²) >= 11 is 0. The third-order valence-corrected chi connectivity index (χ3v) is 5.25. The van der Waals surface area contributed by atoms with Crippen molar-refractivity contribution in [1.82, 2.24) is 10.2 Å². The summed E-state index contributed by atoms with van der Waals surface area (Å²) in [5, 5.41) is 14.2. The minimum absolute atomic E-state index is 0.0954. The molecule has 2 aliphatic heterocycles. The van der Waals surface area contributed by atoms with Crippen LogP contribution in [0.5, 0.6) is 0 Å². The Balaban J connectivity index is 1.42. The first-order valence-corrected chi connectivity index (χ1v) is 8.40. The summed E-state index contributed by atoms with van der Waals surface area (Å²) in [7, 11) is 0. The molecule has 2 fully saturated rings. The fraction of sp³-hybridized carbons (Fsp3) is 0.444. The van der Waals surface area contributed by atoms with E-state index in [1.807, 2.05) is 12.1 Å². The van der Waals surface area contributed by atoms with Gasteiger partial charge in [-0.1, -0.05) is 0 Å². The van der Waals surface area contributed by atoms with Crippen LogP contribution in [0.1, 0.15) is 18.6 Å². The van der Waals surface area contributed by atoms with Gasteiger partial charge in [0, 0.05) is 30.8 Å². The minimum atomic E-state index is -0.390. The van der Waals surface area contributed by atoms with E-state index in [2.05, 4.69) is 10.2 Å². The van der Waals surface area contributed by atoms with Crippen molar-refractivity contribution >= 4 is 5.69 Å². The maximum absolute atomic E-state index is 10.7. The van der Waals surface area contributed by atoms with Crippen LogP contribution in [0.2, 0.25) is 0 Å². The van der Waals surface area contributed by atoms with Crippen molar-refractivity contribution in [2.75, 3.05) is 26.2 Å². The summed E-state index contributed by atoms with van der Waals surface area (Å²) in [6, 6.07) is 10.4. The molecule has 6 heteroatoms. The molecule has 0 bridgehead atoms. The van der Waals surface area contributed by atoms with Gasteiger partial charge < -0.3 is 9.73 Å². The van der Waals surface area contributed by atoms with Crippen LogP contribution < -0.4 is 5.32 Å². The van der Waals surface area contributed by atoms with E-state index < -0.39 is 4.92 Å². The molecule has 6 nitrogen and oxygen atoms in total. The van der Waals surface area contributed by atoms with Crippen LogP contribution in [0.25, 0.3) is 11.3 Å². The van der Waals surface area contributed by atoms with Crippen molar-refractivity contribution in [3.8, 4) is 11.3 Å². The van der Waals surface area contributed by atoms with E-state index in [4.69, 9.17) is 4.42 Å². The molecule has 3 heterocycles.